The summed E-state index contributed by atoms with van der Waals surface area (Å²) in [6.45, 7) is 6.31. The number of hydrogen-bond acceptors (Lipinski definition) is 4. The van der Waals surface area contributed by atoms with Crippen LogP contribution in [0, 0.1) is 0 Å². The van der Waals surface area contributed by atoms with Crippen molar-refractivity contribution in [1.29, 1.82) is 0 Å². The molecule has 0 saturated carbocycles. The van der Waals surface area contributed by atoms with Gasteiger partial charge in [-0.15, -0.1) is 0 Å². The van der Waals surface area contributed by atoms with Crippen molar-refractivity contribution >= 4 is 5.91 Å². The summed E-state index contributed by atoms with van der Waals surface area (Å²) < 4.78 is 0. The van der Waals surface area contributed by atoms with E-state index >= 15 is 0 Å². The highest BCUT2D eigenvalue weighted by atomic mass is 16.3. The molecule has 5 heteroatoms. The lowest BCUT2D eigenvalue weighted by atomic mass is 10.1. The molecule has 4 N–H and O–H groups in total. The van der Waals surface area contributed by atoms with E-state index in [0.29, 0.717) is 19.5 Å². The number of carbonyl (C=O) groups excluding carboxylic acids is 1. The van der Waals surface area contributed by atoms with E-state index in [9.17, 15) is 4.79 Å². The largest absolute Gasteiger partial charge is 0.394 e. The number of aliphatic hydroxyl groups excluding tert-OH is 2. The molecule has 1 unspecified atom stereocenters. The van der Waals surface area contributed by atoms with Crippen LogP contribution in [0.15, 0.2) is 0 Å². The van der Waals surface area contributed by atoms with Crippen LogP contribution in [0.1, 0.15) is 27.2 Å². The zero-order chi connectivity index (χ0) is 11.9. The molecule has 0 saturated heterocycles. The van der Waals surface area contributed by atoms with E-state index in [1.807, 2.05) is 20.8 Å². The number of amides is 1. The van der Waals surface area contributed by atoms with Crippen LogP contribution in [0.4, 0.5) is 0 Å². The van der Waals surface area contributed by atoms with E-state index in [2.05, 4.69) is 10.6 Å². The second-order valence-electron chi connectivity index (χ2n) is 4.59. The molecule has 90 valence electrons. The first-order valence-electron chi connectivity index (χ1n) is 5.16. The summed E-state index contributed by atoms with van der Waals surface area (Å²) >= 11 is 0. The highest BCUT2D eigenvalue weighted by molar-refractivity contribution is 5.76. The first-order chi connectivity index (χ1) is 6.85. The van der Waals surface area contributed by atoms with Gasteiger partial charge in [0, 0.05) is 25.0 Å². The quantitative estimate of drug-likeness (QED) is 0.441. The predicted octanol–water partition coefficient (Wildman–Crippen LogP) is -0.766. The van der Waals surface area contributed by atoms with Crippen LogP contribution in [0.3, 0.4) is 0 Å². The number of rotatable bonds is 6. The summed E-state index contributed by atoms with van der Waals surface area (Å²) in [7, 11) is 0. The van der Waals surface area contributed by atoms with E-state index in [1.54, 1.807) is 0 Å². The van der Waals surface area contributed by atoms with E-state index in [-0.39, 0.29) is 18.1 Å². The van der Waals surface area contributed by atoms with Crippen molar-refractivity contribution < 1.29 is 15.0 Å². The van der Waals surface area contributed by atoms with Gasteiger partial charge >= 0.3 is 0 Å². The Balaban J connectivity index is 3.48. The summed E-state index contributed by atoms with van der Waals surface area (Å²) in [4.78, 5) is 11.3. The standard InChI is InChI=1S/C10H22N2O3/c1-10(2,3)12-9(15)4-5-11-6-8(14)7-13/h8,11,13-14H,4-7H2,1-3H3,(H,12,15). The summed E-state index contributed by atoms with van der Waals surface area (Å²) in [6, 6.07) is 0. The molecule has 5 nitrogen and oxygen atoms in total. The highest BCUT2D eigenvalue weighted by Crippen LogP contribution is 1.98. The molecular formula is C10H22N2O3. The van der Waals surface area contributed by atoms with Gasteiger partial charge in [-0.1, -0.05) is 0 Å². The minimum atomic E-state index is -0.754. The lowest BCUT2D eigenvalue weighted by Gasteiger charge is -2.20. The molecule has 0 aromatic rings. The maximum absolute atomic E-state index is 11.3. The van der Waals surface area contributed by atoms with Gasteiger partial charge in [-0.2, -0.15) is 0 Å². The average molecular weight is 218 g/mol. The number of nitrogens with one attached hydrogen (secondary N) is 2. The van der Waals surface area contributed by atoms with Crippen LogP contribution in [-0.2, 0) is 4.79 Å². The van der Waals surface area contributed by atoms with Crippen LogP contribution in [-0.4, -0.2) is 47.5 Å². The Morgan fingerprint density at radius 1 is 1.40 bits per heavy atom. The van der Waals surface area contributed by atoms with Crippen molar-refractivity contribution in [2.75, 3.05) is 19.7 Å². The average Bonchev–Trinajstić information content (AvgIpc) is 2.09. The lowest BCUT2D eigenvalue weighted by Crippen LogP contribution is -2.42. The normalized spacial score (nSPS) is 13.7. The molecule has 1 amide bonds. The molecule has 0 aliphatic heterocycles. The van der Waals surface area contributed by atoms with E-state index in [4.69, 9.17) is 10.2 Å². The van der Waals surface area contributed by atoms with Gasteiger partial charge in [-0.05, 0) is 20.8 Å². The summed E-state index contributed by atoms with van der Waals surface area (Å²) in [6.07, 6.45) is -0.384. The van der Waals surface area contributed by atoms with Gasteiger partial charge < -0.3 is 20.8 Å². The van der Waals surface area contributed by atoms with Crippen molar-refractivity contribution in [1.82, 2.24) is 10.6 Å². The summed E-state index contributed by atoms with van der Waals surface area (Å²) in [5.74, 6) is -0.0199. The third-order valence-electron chi connectivity index (χ3n) is 1.63. The van der Waals surface area contributed by atoms with Crippen molar-refractivity contribution in [3.8, 4) is 0 Å². The zero-order valence-corrected chi connectivity index (χ0v) is 9.71. The topological polar surface area (TPSA) is 81.6 Å². The van der Waals surface area contributed by atoms with Crippen LogP contribution in [0.2, 0.25) is 0 Å². The Morgan fingerprint density at radius 2 is 2.00 bits per heavy atom. The van der Waals surface area contributed by atoms with Crippen molar-refractivity contribution in [3.63, 3.8) is 0 Å². The molecule has 0 aromatic heterocycles. The van der Waals surface area contributed by atoms with Crippen LogP contribution < -0.4 is 10.6 Å². The van der Waals surface area contributed by atoms with Crippen molar-refractivity contribution in [2.24, 2.45) is 0 Å². The Labute approximate surface area is 90.9 Å². The Morgan fingerprint density at radius 3 is 2.47 bits per heavy atom. The summed E-state index contributed by atoms with van der Waals surface area (Å²) in [5.41, 5.74) is -0.207. The van der Waals surface area contributed by atoms with Gasteiger partial charge in [0.25, 0.3) is 0 Å². The molecule has 0 aromatic carbocycles. The van der Waals surface area contributed by atoms with Crippen molar-refractivity contribution in [3.05, 3.63) is 0 Å². The molecule has 0 rings (SSSR count). The SMILES string of the molecule is CC(C)(C)NC(=O)CCNCC(O)CO. The minimum absolute atomic E-state index is 0.0199. The Kier molecular flexibility index (Phi) is 6.47. The second-order valence-corrected chi connectivity index (χ2v) is 4.59. The number of aliphatic hydroxyl groups is 2. The van der Waals surface area contributed by atoms with Gasteiger partial charge in [0.2, 0.25) is 5.91 Å². The molecule has 15 heavy (non-hydrogen) atoms. The molecule has 0 aliphatic carbocycles. The summed E-state index contributed by atoms with van der Waals surface area (Å²) in [5, 5.41) is 23.2. The smallest absolute Gasteiger partial charge is 0.221 e. The van der Waals surface area contributed by atoms with E-state index < -0.39 is 6.10 Å². The van der Waals surface area contributed by atoms with Crippen molar-refractivity contribution in [2.45, 2.75) is 38.8 Å². The van der Waals surface area contributed by atoms with E-state index in [0.717, 1.165) is 0 Å². The molecule has 0 bridgehead atoms. The van der Waals surface area contributed by atoms with Gasteiger partial charge in [0.15, 0.2) is 0 Å². The fourth-order valence-corrected chi connectivity index (χ4v) is 1.02. The molecule has 0 aliphatic rings. The fourth-order valence-electron chi connectivity index (χ4n) is 1.02. The maximum Gasteiger partial charge on any atom is 0.221 e. The van der Waals surface area contributed by atoms with E-state index in [1.165, 1.54) is 0 Å². The maximum atomic E-state index is 11.3. The van der Waals surface area contributed by atoms with Crippen LogP contribution in [0.25, 0.3) is 0 Å². The van der Waals surface area contributed by atoms with Gasteiger partial charge in [0.1, 0.15) is 0 Å². The minimum Gasteiger partial charge on any atom is -0.394 e. The molecule has 0 fully saturated rings. The second kappa shape index (κ2) is 6.76. The van der Waals surface area contributed by atoms with Gasteiger partial charge in [-0.25, -0.2) is 0 Å². The third kappa shape index (κ3) is 9.65. The number of carbonyl (C=O) groups is 1. The van der Waals surface area contributed by atoms with Crippen LogP contribution >= 0.6 is 0 Å². The fraction of sp³-hybridized carbons (Fsp3) is 0.900. The first-order valence-corrected chi connectivity index (χ1v) is 5.16. The van der Waals surface area contributed by atoms with Crippen LogP contribution in [0.5, 0.6) is 0 Å². The third-order valence-corrected chi connectivity index (χ3v) is 1.63. The Hall–Kier alpha value is -0.650. The first kappa shape index (κ1) is 14.3. The predicted molar refractivity (Wildman–Crippen MR) is 58.5 cm³/mol. The lowest BCUT2D eigenvalue weighted by molar-refractivity contribution is -0.122. The zero-order valence-electron chi connectivity index (χ0n) is 9.71. The molecule has 0 spiro atoms. The monoisotopic (exact) mass is 218 g/mol. The molecular weight excluding hydrogens is 196 g/mol. The Bertz CT molecular complexity index is 190. The number of hydrogen-bond donors (Lipinski definition) is 4. The molecule has 1 atom stereocenters. The highest BCUT2D eigenvalue weighted by Gasteiger charge is 2.12. The molecule has 0 heterocycles. The van der Waals surface area contributed by atoms with Gasteiger partial charge in [-0.3, -0.25) is 4.79 Å². The van der Waals surface area contributed by atoms with Gasteiger partial charge in [0.05, 0.1) is 12.7 Å². The molecule has 0 radical (unpaired) electrons.